The monoisotopic (exact) mass is 400 g/mol. The molecule has 0 aliphatic heterocycles. The summed E-state index contributed by atoms with van der Waals surface area (Å²) in [5.41, 5.74) is 2.29. The van der Waals surface area contributed by atoms with Crippen molar-refractivity contribution in [3.05, 3.63) is 47.8 Å². The largest absolute Gasteiger partial charge is 0.485 e. The van der Waals surface area contributed by atoms with Crippen molar-refractivity contribution in [2.24, 2.45) is 0 Å². The van der Waals surface area contributed by atoms with Crippen molar-refractivity contribution in [2.75, 3.05) is 5.75 Å². The van der Waals surface area contributed by atoms with Crippen LogP contribution < -0.4 is 10.1 Å². The van der Waals surface area contributed by atoms with Crippen LogP contribution in [0.25, 0.3) is 0 Å². The molecule has 7 heteroatoms. The molecule has 1 aromatic carbocycles. The van der Waals surface area contributed by atoms with E-state index in [4.69, 9.17) is 4.74 Å². The number of aromatic nitrogens is 3. The highest BCUT2D eigenvalue weighted by atomic mass is 32.2. The molecule has 1 aliphatic carbocycles. The molecule has 1 aliphatic rings. The van der Waals surface area contributed by atoms with Crippen LogP contribution in [0.4, 0.5) is 0 Å². The van der Waals surface area contributed by atoms with Crippen molar-refractivity contribution in [1.82, 2.24) is 20.1 Å². The lowest BCUT2D eigenvalue weighted by molar-refractivity contribution is -0.119. The first-order valence-corrected chi connectivity index (χ1v) is 10.7. The van der Waals surface area contributed by atoms with Crippen LogP contribution in [-0.4, -0.2) is 32.5 Å². The van der Waals surface area contributed by atoms with Gasteiger partial charge in [0, 0.05) is 12.6 Å². The first-order valence-electron chi connectivity index (χ1n) is 9.72. The van der Waals surface area contributed by atoms with Gasteiger partial charge in [0.25, 0.3) is 0 Å². The Bertz CT molecular complexity index is 828. The van der Waals surface area contributed by atoms with Crippen LogP contribution in [0.1, 0.15) is 42.6 Å². The molecule has 0 atom stereocenters. The number of thioether (sulfide) groups is 1. The Morgan fingerprint density at radius 3 is 2.86 bits per heavy atom. The summed E-state index contributed by atoms with van der Waals surface area (Å²) < 4.78 is 7.89. The summed E-state index contributed by atoms with van der Waals surface area (Å²) in [7, 11) is 0. The number of nitrogens with one attached hydrogen (secondary N) is 1. The van der Waals surface area contributed by atoms with Gasteiger partial charge in [-0.05, 0) is 38.3 Å². The average Bonchev–Trinajstić information content (AvgIpc) is 3.30. The first kappa shape index (κ1) is 20.5. The minimum Gasteiger partial charge on any atom is -0.485 e. The van der Waals surface area contributed by atoms with Gasteiger partial charge in [-0.1, -0.05) is 48.4 Å². The van der Waals surface area contributed by atoms with E-state index in [-0.39, 0.29) is 5.91 Å². The molecule has 3 rings (SSSR count). The third kappa shape index (κ3) is 5.38. The van der Waals surface area contributed by atoms with Gasteiger partial charge < -0.3 is 10.1 Å². The van der Waals surface area contributed by atoms with Gasteiger partial charge in [0.2, 0.25) is 5.91 Å². The van der Waals surface area contributed by atoms with Crippen molar-refractivity contribution >= 4 is 17.7 Å². The Morgan fingerprint density at radius 1 is 1.36 bits per heavy atom. The highest BCUT2D eigenvalue weighted by molar-refractivity contribution is 7.99. The highest BCUT2D eigenvalue weighted by Gasteiger charge is 2.19. The molecule has 1 saturated carbocycles. The first-order chi connectivity index (χ1) is 13.6. The molecule has 2 aromatic rings. The van der Waals surface area contributed by atoms with Crippen molar-refractivity contribution in [2.45, 2.75) is 63.9 Å². The maximum absolute atomic E-state index is 12.2. The van der Waals surface area contributed by atoms with Crippen LogP contribution in [0.2, 0.25) is 0 Å². The molecule has 0 bridgehead atoms. The molecule has 6 nitrogen and oxygen atoms in total. The number of amides is 1. The van der Waals surface area contributed by atoms with Gasteiger partial charge in [-0.2, -0.15) is 0 Å². The van der Waals surface area contributed by atoms with Gasteiger partial charge in [-0.25, -0.2) is 0 Å². The van der Waals surface area contributed by atoms with Crippen molar-refractivity contribution in [1.29, 1.82) is 0 Å². The normalized spacial score (nSPS) is 14.2. The molecular formula is C21H28N4O2S. The molecule has 1 N–H and O–H groups in total. The van der Waals surface area contributed by atoms with Gasteiger partial charge in [-0.3, -0.25) is 9.36 Å². The van der Waals surface area contributed by atoms with Crippen LogP contribution in [0.15, 0.2) is 36.0 Å². The van der Waals surface area contributed by atoms with Gasteiger partial charge in [0.1, 0.15) is 12.4 Å². The lowest BCUT2D eigenvalue weighted by atomic mass is 10.1. The lowest BCUT2D eigenvalue weighted by Gasteiger charge is -2.12. The Labute approximate surface area is 170 Å². The summed E-state index contributed by atoms with van der Waals surface area (Å²) in [4.78, 5) is 12.2. The van der Waals surface area contributed by atoms with Crippen LogP contribution in [-0.2, 0) is 17.9 Å². The molecule has 1 heterocycles. The van der Waals surface area contributed by atoms with E-state index in [1.54, 1.807) is 6.08 Å². The smallest absolute Gasteiger partial charge is 0.230 e. The third-order valence-electron chi connectivity index (χ3n) is 4.84. The number of benzene rings is 1. The molecule has 0 spiro atoms. The summed E-state index contributed by atoms with van der Waals surface area (Å²) in [5, 5.41) is 12.3. The van der Waals surface area contributed by atoms with Crippen molar-refractivity contribution in [3.8, 4) is 5.75 Å². The minimum atomic E-state index is 0.0538. The Hall–Kier alpha value is -2.28. The Balaban J connectivity index is 1.60. The number of allylic oxidation sites excluding steroid dienone is 1. The number of aryl methyl sites for hydroxylation is 2. The topological polar surface area (TPSA) is 69.0 Å². The third-order valence-corrected chi connectivity index (χ3v) is 5.81. The molecule has 1 amide bonds. The zero-order valence-corrected chi connectivity index (χ0v) is 17.4. The van der Waals surface area contributed by atoms with E-state index in [1.165, 1.54) is 30.2 Å². The number of carbonyl (C=O) groups excluding carboxylic acids is 1. The fraction of sp³-hybridized carbons (Fsp3) is 0.476. The molecule has 150 valence electrons. The van der Waals surface area contributed by atoms with Gasteiger partial charge in [0.15, 0.2) is 11.0 Å². The standard InChI is InChI=1S/C21H28N4O2S/c1-4-11-25-19(13-27-18-10-9-15(2)12-16(18)3)23-24-21(25)28-14-20(26)22-17-7-5-6-8-17/h4,9-10,12,17H,1,5-8,11,13-14H2,2-3H3,(H,22,26). The minimum absolute atomic E-state index is 0.0538. The van der Waals surface area contributed by atoms with E-state index in [9.17, 15) is 4.79 Å². The number of ether oxygens (including phenoxy) is 1. The van der Waals surface area contributed by atoms with Gasteiger partial charge in [-0.15, -0.1) is 16.8 Å². The fourth-order valence-corrected chi connectivity index (χ4v) is 4.20. The maximum Gasteiger partial charge on any atom is 0.230 e. The van der Waals surface area contributed by atoms with Crippen LogP contribution in [0.3, 0.4) is 0 Å². The molecule has 0 saturated heterocycles. The zero-order chi connectivity index (χ0) is 19.9. The Kier molecular flexibility index (Phi) is 7.14. The van der Waals surface area contributed by atoms with E-state index in [1.807, 2.05) is 23.6 Å². The Morgan fingerprint density at radius 2 is 2.14 bits per heavy atom. The molecule has 0 radical (unpaired) electrons. The second-order valence-electron chi connectivity index (χ2n) is 7.19. The predicted octanol–water partition coefficient (Wildman–Crippen LogP) is 3.81. The van der Waals surface area contributed by atoms with Crippen molar-refractivity contribution in [3.63, 3.8) is 0 Å². The van der Waals surface area contributed by atoms with E-state index in [2.05, 4.69) is 35.1 Å². The van der Waals surface area contributed by atoms with Crippen molar-refractivity contribution < 1.29 is 9.53 Å². The molecule has 1 fully saturated rings. The second-order valence-corrected chi connectivity index (χ2v) is 8.14. The zero-order valence-electron chi connectivity index (χ0n) is 16.6. The number of carbonyl (C=O) groups is 1. The molecule has 1 aromatic heterocycles. The summed E-state index contributed by atoms with van der Waals surface area (Å²) in [5.74, 6) is 1.95. The molecule has 28 heavy (non-hydrogen) atoms. The number of hydrogen-bond donors (Lipinski definition) is 1. The average molecular weight is 401 g/mol. The van der Waals surface area contributed by atoms with E-state index in [0.29, 0.717) is 30.1 Å². The molecular weight excluding hydrogens is 372 g/mol. The maximum atomic E-state index is 12.2. The van der Waals surface area contributed by atoms with E-state index < -0.39 is 0 Å². The van der Waals surface area contributed by atoms with E-state index in [0.717, 1.165) is 30.0 Å². The van der Waals surface area contributed by atoms with E-state index >= 15 is 0 Å². The summed E-state index contributed by atoms with van der Waals surface area (Å²) >= 11 is 1.40. The predicted molar refractivity (Wildman–Crippen MR) is 112 cm³/mol. The van der Waals surface area contributed by atoms with Crippen LogP contribution in [0, 0.1) is 13.8 Å². The second kappa shape index (κ2) is 9.78. The molecule has 0 unspecified atom stereocenters. The van der Waals surface area contributed by atoms with Gasteiger partial charge >= 0.3 is 0 Å². The number of hydrogen-bond acceptors (Lipinski definition) is 5. The number of nitrogens with zero attached hydrogens (tertiary/aromatic N) is 3. The van der Waals surface area contributed by atoms with Crippen LogP contribution >= 0.6 is 11.8 Å². The lowest BCUT2D eigenvalue weighted by Crippen LogP contribution is -2.33. The summed E-state index contributed by atoms with van der Waals surface area (Å²) in [6.45, 7) is 8.80. The summed E-state index contributed by atoms with van der Waals surface area (Å²) in [6, 6.07) is 6.43. The van der Waals surface area contributed by atoms with Gasteiger partial charge in [0.05, 0.1) is 5.75 Å². The SMILES string of the molecule is C=CCn1c(COc2ccc(C)cc2C)nnc1SCC(=O)NC1CCCC1. The number of rotatable bonds is 9. The summed E-state index contributed by atoms with van der Waals surface area (Å²) in [6.07, 6.45) is 6.38. The quantitative estimate of drug-likeness (QED) is 0.512. The van der Waals surface area contributed by atoms with Crippen LogP contribution in [0.5, 0.6) is 5.75 Å². The fourth-order valence-electron chi connectivity index (χ4n) is 3.42. The highest BCUT2D eigenvalue weighted by Crippen LogP contribution is 2.22.